The van der Waals surface area contributed by atoms with Crippen LogP contribution in [0.1, 0.15) is 19.3 Å². The maximum absolute atomic E-state index is 12.4. The first-order valence-electron chi connectivity index (χ1n) is 6.60. The topological polar surface area (TPSA) is 86.6 Å². The Hall–Kier alpha value is -2.18. The standard InChI is InChI=1S/C13H18N4O3/c1-16(9-5-11(18)19)12(20)10-4-2-8-17(10)13-14-6-3-7-15-13/h3,6-7,10H,2,4-5,8-9H2,1H3,(H,18,19). The molecule has 2 rings (SSSR count). The third-order valence-corrected chi connectivity index (χ3v) is 3.38. The summed E-state index contributed by atoms with van der Waals surface area (Å²) < 4.78 is 0. The molecular weight excluding hydrogens is 260 g/mol. The fourth-order valence-electron chi connectivity index (χ4n) is 2.33. The van der Waals surface area contributed by atoms with Crippen LogP contribution in [0.2, 0.25) is 0 Å². The molecule has 108 valence electrons. The number of hydrogen-bond donors (Lipinski definition) is 1. The van der Waals surface area contributed by atoms with Crippen molar-refractivity contribution in [3.8, 4) is 0 Å². The molecule has 1 unspecified atom stereocenters. The van der Waals surface area contributed by atoms with E-state index in [1.165, 1.54) is 4.90 Å². The average Bonchev–Trinajstić information content (AvgIpc) is 2.94. The summed E-state index contributed by atoms with van der Waals surface area (Å²) in [5, 5.41) is 8.67. The van der Waals surface area contributed by atoms with Crippen LogP contribution in [0.4, 0.5) is 5.95 Å². The van der Waals surface area contributed by atoms with E-state index in [0.29, 0.717) is 5.95 Å². The molecule has 0 aliphatic carbocycles. The van der Waals surface area contributed by atoms with Gasteiger partial charge in [0.25, 0.3) is 0 Å². The summed E-state index contributed by atoms with van der Waals surface area (Å²) >= 11 is 0. The first-order valence-corrected chi connectivity index (χ1v) is 6.60. The fourth-order valence-corrected chi connectivity index (χ4v) is 2.33. The summed E-state index contributed by atoms with van der Waals surface area (Å²) in [6, 6.07) is 1.44. The zero-order valence-corrected chi connectivity index (χ0v) is 11.4. The number of carbonyl (C=O) groups is 2. The molecule has 1 saturated heterocycles. The average molecular weight is 278 g/mol. The lowest BCUT2D eigenvalue weighted by atomic mass is 10.2. The molecule has 0 saturated carbocycles. The fraction of sp³-hybridized carbons (Fsp3) is 0.538. The van der Waals surface area contributed by atoms with Gasteiger partial charge in [0.1, 0.15) is 6.04 Å². The van der Waals surface area contributed by atoms with E-state index in [1.807, 2.05) is 4.90 Å². The number of carboxylic acid groups (broad SMARTS) is 1. The van der Waals surface area contributed by atoms with Gasteiger partial charge >= 0.3 is 5.97 Å². The minimum Gasteiger partial charge on any atom is -0.481 e. The van der Waals surface area contributed by atoms with E-state index in [0.717, 1.165) is 19.4 Å². The van der Waals surface area contributed by atoms with Crippen LogP contribution in [0.15, 0.2) is 18.5 Å². The Balaban J connectivity index is 2.03. The van der Waals surface area contributed by atoms with Crippen molar-refractivity contribution in [1.82, 2.24) is 14.9 Å². The predicted octanol–water partition coefficient (Wildman–Crippen LogP) is 0.378. The molecule has 1 atom stereocenters. The molecule has 0 bridgehead atoms. The number of anilines is 1. The van der Waals surface area contributed by atoms with Gasteiger partial charge in [-0.3, -0.25) is 9.59 Å². The molecule has 0 aromatic carbocycles. The van der Waals surface area contributed by atoms with Gasteiger partial charge in [-0.05, 0) is 18.9 Å². The minimum atomic E-state index is -0.903. The van der Waals surface area contributed by atoms with Gasteiger partial charge in [0.2, 0.25) is 11.9 Å². The first kappa shape index (κ1) is 14.2. The van der Waals surface area contributed by atoms with Gasteiger partial charge in [0, 0.05) is 32.5 Å². The van der Waals surface area contributed by atoms with Gasteiger partial charge < -0.3 is 14.9 Å². The van der Waals surface area contributed by atoms with E-state index in [4.69, 9.17) is 5.11 Å². The molecule has 1 fully saturated rings. The van der Waals surface area contributed by atoms with Crippen LogP contribution in [0, 0.1) is 0 Å². The summed E-state index contributed by atoms with van der Waals surface area (Å²) in [4.78, 5) is 34.7. The van der Waals surface area contributed by atoms with Crippen LogP contribution in [0.5, 0.6) is 0 Å². The van der Waals surface area contributed by atoms with Gasteiger partial charge in [-0.1, -0.05) is 0 Å². The molecule has 7 heteroatoms. The van der Waals surface area contributed by atoms with Gasteiger partial charge in [-0.25, -0.2) is 9.97 Å². The van der Waals surface area contributed by atoms with Crippen molar-refractivity contribution in [2.45, 2.75) is 25.3 Å². The van der Waals surface area contributed by atoms with Crippen LogP contribution in [0.25, 0.3) is 0 Å². The smallest absolute Gasteiger partial charge is 0.305 e. The van der Waals surface area contributed by atoms with Gasteiger partial charge in [-0.15, -0.1) is 0 Å². The minimum absolute atomic E-state index is 0.0448. The highest BCUT2D eigenvalue weighted by Gasteiger charge is 2.34. The van der Waals surface area contributed by atoms with Crippen molar-refractivity contribution in [3.63, 3.8) is 0 Å². The lowest BCUT2D eigenvalue weighted by Crippen LogP contribution is -2.45. The second-order valence-corrected chi connectivity index (χ2v) is 4.80. The molecule has 7 nitrogen and oxygen atoms in total. The van der Waals surface area contributed by atoms with Crippen molar-refractivity contribution < 1.29 is 14.7 Å². The summed E-state index contributed by atoms with van der Waals surface area (Å²) in [7, 11) is 1.63. The Morgan fingerprint density at radius 1 is 1.45 bits per heavy atom. The molecule has 1 aromatic rings. The highest BCUT2D eigenvalue weighted by Crippen LogP contribution is 2.23. The Labute approximate surface area is 117 Å². The normalized spacial score (nSPS) is 18.1. The molecule has 1 aromatic heterocycles. The molecule has 1 aliphatic rings. The van der Waals surface area contributed by atoms with Crippen LogP contribution in [-0.2, 0) is 9.59 Å². The highest BCUT2D eigenvalue weighted by atomic mass is 16.4. The maximum Gasteiger partial charge on any atom is 0.305 e. The maximum atomic E-state index is 12.4. The SMILES string of the molecule is CN(CCC(=O)O)C(=O)C1CCCN1c1ncccn1. The van der Waals surface area contributed by atoms with Gasteiger partial charge in [-0.2, -0.15) is 0 Å². The van der Waals surface area contributed by atoms with Crippen LogP contribution < -0.4 is 4.90 Å². The van der Waals surface area contributed by atoms with Crippen LogP contribution in [-0.4, -0.2) is 58.0 Å². The molecule has 1 aliphatic heterocycles. The number of hydrogen-bond acceptors (Lipinski definition) is 5. The first-order chi connectivity index (χ1) is 9.59. The number of likely N-dealkylation sites (N-methyl/N-ethyl adjacent to an activating group) is 1. The van der Waals surface area contributed by atoms with Crippen LogP contribution in [0.3, 0.4) is 0 Å². The molecule has 0 radical (unpaired) electrons. The third kappa shape index (κ3) is 3.23. The largest absolute Gasteiger partial charge is 0.481 e. The van der Waals surface area contributed by atoms with E-state index >= 15 is 0 Å². The van der Waals surface area contributed by atoms with Crippen molar-refractivity contribution in [2.75, 3.05) is 25.0 Å². The lowest BCUT2D eigenvalue weighted by molar-refractivity contribution is -0.138. The molecule has 20 heavy (non-hydrogen) atoms. The third-order valence-electron chi connectivity index (χ3n) is 3.38. The molecular formula is C13H18N4O3. The molecule has 1 N–H and O–H groups in total. The molecule has 2 heterocycles. The van der Waals surface area contributed by atoms with E-state index < -0.39 is 5.97 Å². The van der Waals surface area contributed by atoms with E-state index in [1.54, 1.807) is 25.5 Å². The van der Waals surface area contributed by atoms with Gasteiger partial charge in [0.05, 0.1) is 6.42 Å². The highest BCUT2D eigenvalue weighted by molar-refractivity contribution is 5.85. The number of carboxylic acids is 1. The second-order valence-electron chi connectivity index (χ2n) is 4.80. The molecule has 1 amide bonds. The van der Waals surface area contributed by atoms with Crippen molar-refractivity contribution in [1.29, 1.82) is 0 Å². The Kier molecular flexibility index (Phi) is 4.49. The summed E-state index contributed by atoms with van der Waals surface area (Å²) in [5.74, 6) is -0.425. The quantitative estimate of drug-likeness (QED) is 0.838. The Morgan fingerprint density at radius 2 is 2.15 bits per heavy atom. The Bertz CT molecular complexity index is 480. The number of carbonyl (C=O) groups excluding carboxylic acids is 1. The van der Waals surface area contributed by atoms with Crippen molar-refractivity contribution in [2.24, 2.45) is 0 Å². The van der Waals surface area contributed by atoms with Crippen molar-refractivity contribution >= 4 is 17.8 Å². The lowest BCUT2D eigenvalue weighted by Gasteiger charge is -2.27. The van der Waals surface area contributed by atoms with E-state index in [-0.39, 0.29) is 24.9 Å². The second kappa shape index (κ2) is 6.31. The van der Waals surface area contributed by atoms with Crippen molar-refractivity contribution in [3.05, 3.63) is 18.5 Å². The van der Waals surface area contributed by atoms with E-state index in [9.17, 15) is 9.59 Å². The zero-order valence-electron chi connectivity index (χ0n) is 11.4. The number of nitrogens with zero attached hydrogens (tertiary/aromatic N) is 4. The van der Waals surface area contributed by atoms with Crippen LogP contribution >= 0.6 is 0 Å². The van der Waals surface area contributed by atoms with E-state index in [2.05, 4.69) is 9.97 Å². The Morgan fingerprint density at radius 3 is 2.80 bits per heavy atom. The summed E-state index contributed by atoms with van der Waals surface area (Å²) in [6.07, 6.45) is 4.90. The summed E-state index contributed by atoms with van der Waals surface area (Å²) in [6.45, 7) is 0.960. The number of aromatic nitrogens is 2. The van der Waals surface area contributed by atoms with Gasteiger partial charge in [0.15, 0.2) is 0 Å². The molecule has 0 spiro atoms. The number of aliphatic carboxylic acids is 1. The summed E-state index contributed by atoms with van der Waals surface area (Å²) in [5.41, 5.74) is 0. The number of amides is 1. The predicted molar refractivity (Wildman–Crippen MR) is 72.3 cm³/mol. The zero-order chi connectivity index (χ0) is 14.5. The number of rotatable bonds is 5. The monoisotopic (exact) mass is 278 g/mol.